The Kier molecular flexibility index (Phi) is 5.69. The minimum Gasteiger partial charge on any atom is -0.507 e. The maximum absolute atomic E-state index is 12.1. The average molecular weight is 371 g/mol. The van der Waals surface area contributed by atoms with E-state index in [0.29, 0.717) is 5.02 Å². The van der Waals surface area contributed by atoms with Gasteiger partial charge in [-0.1, -0.05) is 11.6 Å². The van der Waals surface area contributed by atoms with E-state index in [1.165, 1.54) is 42.5 Å². The zero-order chi connectivity index (χ0) is 17.7. The molecule has 0 saturated carbocycles. The van der Waals surface area contributed by atoms with Gasteiger partial charge in [-0.3, -0.25) is 0 Å². The maximum Gasteiger partial charge on any atom is 0.339 e. The van der Waals surface area contributed by atoms with Crippen LogP contribution in [0.15, 0.2) is 47.4 Å². The summed E-state index contributed by atoms with van der Waals surface area (Å²) in [6.45, 7) is 0.110. The van der Waals surface area contributed by atoms with Crippen molar-refractivity contribution in [3.63, 3.8) is 0 Å². The first kappa shape index (κ1) is 18.1. The van der Waals surface area contributed by atoms with Crippen LogP contribution in [0.4, 0.5) is 0 Å². The molecule has 0 spiro atoms. The van der Waals surface area contributed by atoms with Gasteiger partial charge in [0.05, 0.1) is 17.3 Å². The molecule has 0 saturated heterocycles. The number of carboxylic acids is 1. The van der Waals surface area contributed by atoms with Crippen LogP contribution in [0, 0.1) is 0 Å². The highest BCUT2D eigenvalue weighted by atomic mass is 35.5. The molecular weight excluding hydrogens is 356 g/mol. The fourth-order valence-electron chi connectivity index (χ4n) is 1.98. The number of benzene rings is 2. The predicted molar refractivity (Wildman–Crippen MR) is 88.7 cm³/mol. The van der Waals surface area contributed by atoms with Crippen LogP contribution >= 0.6 is 11.6 Å². The number of aromatic hydroxyl groups is 1. The van der Waals surface area contributed by atoms with Crippen molar-refractivity contribution in [2.75, 3.05) is 12.4 Å². The zero-order valence-corrected chi connectivity index (χ0v) is 14.0. The molecule has 2 rings (SSSR count). The molecule has 2 aromatic carbocycles. The monoisotopic (exact) mass is 370 g/mol. The van der Waals surface area contributed by atoms with E-state index in [9.17, 15) is 18.3 Å². The van der Waals surface area contributed by atoms with Gasteiger partial charge in [-0.15, -0.1) is 0 Å². The van der Waals surface area contributed by atoms with Gasteiger partial charge < -0.3 is 14.9 Å². The van der Waals surface area contributed by atoms with Gasteiger partial charge in [-0.2, -0.15) is 0 Å². The Morgan fingerprint density at radius 2 is 1.79 bits per heavy atom. The summed E-state index contributed by atoms with van der Waals surface area (Å²) in [6, 6.07) is 9.71. The third kappa shape index (κ3) is 4.62. The molecule has 6 nitrogen and oxygen atoms in total. The zero-order valence-electron chi connectivity index (χ0n) is 12.5. The summed E-state index contributed by atoms with van der Waals surface area (Å²) in [6.07, 6.45) is 0.242. The molecule has 0 atom stereocenters. The average Bonchev–Trinajstić information content (AvgIpc) is 2.52. The number of carboxylic acid groups (broad SMARTS) is 1. The van der Waals surface area contributed by atoms with E-state index in [1.807, 2.05) is 0 Å². The number of hydrogen-bond acceptors (Lipinski definition) is 5. The maximum atomic E-state index is 12.1. The van der Waals surface area contributed by atoms with Crippen LogP contribution in [-0.4, -0.2) is 37.0 Å². The molecule has 0 radical (unpaired) electrons. The van der Waals surface area contributed by atoms with E-state index in [-0.39, 0.29) is 35.0 Å². The van der Waals surface area contributed by atoms with E-state index in [0.717, 1.165) is 0 Å². The lowest BCUT2D eigenvalue weighted by Crippen LogP contribution is -2.10. The van der Waals surface area contributed by atoms with E-state index < -0.39 is 21.6 Å². The quantitative estimate of drug-likeness (QED) is 0.726. The predicted octanol–water partition coefficient (Wildman–Crippen LogP) is 2.99. The lowest BCUT2D eigenvalue weighted by atomic mass is 10.2. The SMILES string of the molecule is O=C(O)c1ccc(OCCCS(=O)(=O)c2ccc(Cl)cc2)cc1O. The lowest BCUT2D eigenvalue weighted by molar-refractivity contribution is 0.0693. The molecule has 0 aliphatic heterocycles. The van der Waals surface area contributed by atoms with E-state index in [2.05, 4.69) is 0 Å². The number of aromatic carboxylic acids is 1. The van der Waals surface area contributed by atoms with Gasteiger partial charge in [0.25, 0.3) is 0 Å². The molecule has 0 aliphatic rings. The largest absolute Gasteiger partial charge is 0.507 e. The summed E-state index contributed by atoms with van der Waals surface area (Å²) in [7, 11) is -3.42. The van der Waals surface area contributed by atoms with Crippen LogP contribution in [0.2, 0.25) is 5.02 Å². The Labute approximate surface area is 144 Å². The van der Waals surface area contributed by atoms with Crippen LogP contribution in [0.25, 0.3) is 0 Å². The van der Waals surface area contributed by atoms with Gasteiger partial charge in [-0.25, -0.2) is 13.2 Å². The molecule has 2 aromatic rings. The number of halogens is 1. The van der Waals surface area contributed by atoms with Crippen molar-refractivity contribution >= 4 is 27.4 Å². The highest BCUT2D eigenvalue weighted by molar-refractivity contribution is 7.91. The highest BCUT2D eigenvalue weighted by Crippen LogP contribution is 2.24. The molecule has 128 valence electrons. The second-order valence-corrected chi connectivity index (χ2v) is 7.50. The van der Waals surface area contributed by atoms with Gasteiger partial charge in [0.1, 0.15) is 17.1 Å². The molecular formula is C16H15ClO6S. The Hall–Kier alpha value is -2.25. The van der Waals surface area contributed by atoms with E-state index >= 15 is 0 Å². The number of hydrogen-bond donors (Lipinski definition) is 2. The minimum absolute atomic E-state index is 0.103. The fourth-order valence-corrected chi connectivity index (χ4v) is 3.39. The van der Waals surface area contributed by atoms with Crippen LogP contribution in [0.3, 0.4) is 0 Å². The first-order valence-corrected chi connectivity index (χ1v) is 9.00. The summed E-state index contributed by atoms with van der Waals surface area (Å²) < 4.78 is 29.6. The summed E-state index contributed by atoms with van der Waals surface area (Å²) >= 11 is 5.73. The summed E-state index contributed by atoms with van der Waals surface area (Å²) in [4.78, 5) is 11.0. The molecule has 0 fully saturated rings. The standard InChI is InChI=1S/C16H15ClO6S/c17-11-2-5-13(6-3-11)24(21,22)9-1-8-23-12-4-7-14(16(19)20)15(18)10-12/h2-7,10,18H,1,8-9H2,(H,19,20). The van der Waals surface area contributed by atoms with Gasteiger partial charge in [0.15, 0.2) is 9.84 Å². The van der Waals surface area contributed by atoms with Crippen molar-refractivity contribution in [2.24, 2.45) is 0 Å². The Balaban J connectivity index is 1.89. The number of rotatable bonds is 7. The van der Waals surface area contributed by atoms with Crippen molar-refractivity contribution in [3.8, 4) is 11.5 Å². The number of phenols is 1. The molecule has 8 heteroatoms. The second-order valence-electron chi connectivity index (χ2n) is 4.96. The van der Waals surface area contributed by atoms with Crippen LogP contribution in [0.1, 0.15) is 16.8 Å². The number of sulfone groups is 1. The fraction of sp³-hybridized carbons (Fsp3) is 0.188. The molecule has 0 amide bonds. The van der Waals surface area contributed by atoms with Crippen LogP contribution in [-0.2, 0) is 9.84 Å². The van der Waals surface area contributed by atoms with E-state index in [4.69, 9.17) is 21.4 Å². The van der Waals surface area contributed by atoms with Gasteiger partial charge in [0, 0.05) is 11.1 Å². The highest BCUT2D eigenvalue weighted by Gasteiger charge is 2.14. The Bertz CT molecular complexity index is 830. The van der Waals surface area contributed by atoms with Crippen molar-refractivity contribution in [2.45, 2.75) is 11.3 Å². The third-order valence-electron chi connectivity index (χ3n) is 3.20. The Morgan fingerprint density at radius 1 is 1.12 bits per heavy atom. The lowest BCUT2D eigenvalue weighted by Gasteiger charge is -2.08. The minimum atomic E-state index is -3.42. The third-order valence-corrected chi connectivity index (χ3v) is 5.27. The van der Waals surface area contributed by atoms with Gasteiger partial charge in [0.2, 0.25) is 0 Å². The van der Waals surface area contributed by atoms with Crippen molar-refractivity contribution in [3.05, 3.63) is 53.1 Å². The topological polar surface area (TPSA) is 101 Å². The van der Waals surface area contributed by atoms with E-state index in [1.54, 1.807) is 0 Å². The molecule has 0 heterocycles. The summed E-state index contributed by atoms with van der Waals surface area (Å²) in [5, 5.41) is 18.8. The molecule has 2 N–H and O–H groups in total. The van der Waals surface area contributed by atoms with Crippen LogP contribution in [0.5, 0.6) is 11.5 Å². The first-order chi connectivity index (χ1) is 11.3. The molecule has 24 heavy (non-hydrogen) atoms. The van der Waals surface area contributed by atoms with Crippen molar-refractivity contribution < 1.29 is 28.2 Å². The van der Waals surface area contributed by atoms with Gasteiger partial charge >= 0.3 is 5.97 Å². The second kappa shape index (κ2) is 7.55. The smallest absolute Gasteiger partial charge is 0.339 e. The van der Waals surface area contributed by atoms with Crippen LogP contribution < -0.4 is 4.74 Å². The molecule has 0 unspecified atom stereocenters. The molecule has 0 aromatic heterocycles. The summed E-state index contributed by atoms with van der Waals surface area (Å²) in [5.74, 6) is -1.49. The van der Waals surface area contributed by atoms with Crippen molar-refractivity contribution in [1.29, 1.82) is 0 Å². The normalized spacial score (nSPS) is 11.2. The number of ether oxygens (including phenoxy) is 1. The van der Waals surface area contributed by atoms with Gasteiger partial charge in [-0.05, 0) is 42.8 Å². The molecule has 0 aliphatic carbocycles. The Morgan fingerprint density at radius 3 is 2.38 bits per heavy atom. The first-order valence-electron chi connectivity index (χ1n) is 6.97. The molecule has 0 bridgehead atoms. The van der Waals surface area contributed by atoms with Crippen molar-refractivity contribution in [1.82, 2.24) is 0 Å². The summed E-state index contributed by atoms with van der Waals surface area (Å²) in [5.41, 5.74) is -0.229. The number of carbonyl (C=O) groups is 1.